The maximum Gasteiger partial charge on any atom is 0.490 e. The number of hydrogen-bond acceptors (Lipinski definition) is 5. The predicted molar refractivity (Wildman–Crippen MR) is 105 cm³/mol. The number of piperidine rings is 1. The monoisotopic (exact) mass is 501 g/mol. The first-order valence-electron chi connectivity index (χ1n) is 10.1. The van der Waals surface area contributed by atoms with Crippen molar-refractivity contribution in [3.63, 3.8) is 0 Å². The van der Waals surface area contributed by atoms with Crippen LogP contribution in [0.2, 0.25) is 0 Å². The SMILES string of the molecule is CCN1C(=O)CCC12CCN(Cc1ccncc1)CC2.O=C(O)C(F)(F)F.O=C(O)C(F)(F)F. The van der Waals surface area contributed by atoms with Crippen LogP contribution in [0, 0.1) is 0 Å². The van der Waals surface area contributed by atoms with E-state index in [9.17, 15) is 31.1 Å². The zero-order valence-electron chi connectivity index (χ0n) is 18.2. The standard InChI is InChI=1S/C16H23N3O.2C2HF3O2/c1-2-19-15(20)3-6-16(19)7-11-18(12-8-16)13-14-4-9-17-10-5-14;2*3-2(4,5)1(6)7/h4-5,9-10H,2-3,6-8,11-13H2,1H3;2*(H,6,7). The normalized spacial score (nSPS) is 18.0. The first kappa shape index (κ1) is 29.1. The summed E-state index contributed by atoms with van der Waals surface area (Å²) >= 11 is 0. The van der Waals surface area contributed by atoms with Crippen molar-refractivity contribution in [1.29, 1.82) is 0 Å². The third-order valence-corrected chi connectivity index (χ3v) is 5.42. The number of rotatable bonds is 3. The fraction of sp³-hybridized carbons (Fsp3) is 0.600. The van der Waals surface area contributed by atoms with Gasteiger partial charge in [-0.15, -0.1) is 0 Å². The van der Waals surface area contributed by atoms with Gasteiger partial charge in [0.25, 0.3) is 0 Å². The van der Waals surface area contributed by atoms with Gasteiger partial charge in [0.1, 0.15) is 0 Å². The Morgan fingerprint density at radius 2 is 1.41 bits per heavy atom. The number of carbonyl (C=O) groups is 3. The van der Waals surface area contributed by atoms with Crippen molar-refractivity contribution in [2.75, 3.05) is 19.6 Å². The van der Waals surface area contributed by atoms with Crippen LogP contribution in [0.4, 0.5) is 26.3 Å². The van der Waals surface area contributed by atoms with Gasteiger partial charge in [-0.2, -0.15) is 26.3 Å². The van der Waals surface area contributed by atoms with Gasteiger partial charge in [-0.3, -0.25) is 14.7 Å². The van der Waals surface area contributed by atoms with Crippen LogP contribution in [0.25, 0.3) is 0 Å². The lowest BCUT2D eigenvalue weighted by molar-refractivity contribution is -0.193. The molecule has 3 heterocycles. The molecule has 0 saturated carbocycles. The third-order valence-electron chi connectivity index (χ3n) is 5.42. The molecule has 2 N–H and O–H groups in total. The molecule has 0 aromatic carbocycles. The minimum Gasteiger partial charge on any atom is -0.475 e. The quantitative estimate of drug-likeness (QED) is 0.612. The van der Waals surface area contributed by atoms with Gasteiger partial charge in [0, 0.05) is 50.5 Å². The molecule has 1 spiro atoms. The Morgan fingerprint density at radius 3 is 1.79 bits per heavy atom. The molecule has 14 heteroatoms. The lowest BCUT2D eigenvalue weighted by Crippen LogP contribution is -2.52. The van der Waals surface area contributed by atoms with Crippen molar-refractivity contribution in [1.82, 2.24) is 14.8 Å². The van der Waals surface area contributed by atoms with Gasteiger partial charge < -0.3 is 15.1 Å². The molecular formula is C20H25F6N3O5. The smallest absolute Gasteiger partial charge is 0.475 e. The summed E-state index contributed by atoms with van der Waals surface area (Å²) in [6.45, 7) is 6.15. The first-order chi connectivity index (χ1) is 15.6. The van der Waals surface area contributed by atoms with Crippen molar-refractivity contribution in [2.24, 2.45) is 0 Å². The van der Waals surface area contributed by atoms with Crippen molar-refractivity contribution in [2.45, 2.75) is 57.0 Å². The summed E-state index contributed by atoms with van der Waals surface area (Å²) in [5, 5.41) is 14.2. The van der Waals surface area contributed by atoms with Crippen molar-refractivity contribution >= 4 is 17.8 Å². The molecule has 2 aliphatic heterocycles. The number of likely N-dealkylation sites (tertiary alicyclic amines) is 2. The molecule has 0 aliphatic carbocycles. The van der Waals surface area contributed by atoms with Gasteiger partial charge >= 0.3 is 24.3 Å². The van der Waals surface area contributed by atoms with Gasteiger partial charge in [-0.05, 0) is 43.9 Å². The van der Waals surface area contributed by atoms with E-state index in [1.165, 1.54) is 5.56 Å². The number of alkyl halides is 6. The highest BCUT2D eigenvalue weighted by Crippen LogP contribution is 2.39. The van der Waals surface area contributed by atoms with Gasteiger partial charge in [0.15, 0.2) is 0 Å². The largest absolute Gasteiger partial charge is 0.490 e. The second-order valence-electron chi connectivity index (χ2n) is 7.60. The van der Waals surface area contributed by atoms with E-state index in [0.717, 1.165) is 51.9 Å². The van der Waals surface area contributed by atoms with E-state index in [-0.39, 0.29) is 5.54 Å². The summed E-state index contributed by atoms with van der Waals surface area (Å²) in [4.78, 5) is 38.4. The molecule has 0 bridgehead atoms. The van der Waals surface area contributed by atoms with E-state index < -0.39 is 24.3 Å². The number of carboxylic acids is 2. The van der Waals surface area contributed by atoms with Crippen LogP contribution in [0.1, 0.15) is 38.2 Å². The average molecular weight is 501 g/mol. The summed E-state index contributed by atoms with van der Waals surface area (Å²) in [5.74, 6) is -5.16. The van der Waals surface area contributed by atoms with E-state index >= 15 is 0 Å². The van der Waals surface area contributed by atoms with E-state index in [1.807, 2.05) is 12.4 Å². The maximum absolute atomic E-state index is 12.0. The Balaban J connectivity index is 0.000000343. The topological polar surface area (TPSA) is 111 Å². The number of aromatic nitrogens is 1. The molecule has 192 valence electrons. The molecule has 1 aromatic heterocycles. The Labute approximate surface area is 191 Å². The fourth-order valence-electron chi connectivity index (χ4n) is 3.78. The van der Waals surface area contributed by atoms with Crippen LogP contribution in [0.3, 0.4) is 0 Å². The second-order valence-corrected chi connectivity index (χ2v) is 7.60. The number of amides is 1. The number of carboxylic acid groups (broad SMARTS) is 2. The zero-order chi connectivity index (χ0) is 26.2. The van der Waals surface area contributed by atoms with Crippen LogP contribution in [0.15, 0.2) is 24.5 Å². The maximum atomic E-state index is 12.0. The zero-order valence-corrected chi connectivity index (χ0v) is 18.2. The Hall–Kier alpha value is -2.90. The average Bonchev–Trinajstić information content (AvgIpc) is 3.05. The molecule has 2 aliphatic rings. The molecule has 8 nitrogen and oxygen atoms in total. The Bertz CT molecular complexity index is 800. The third kappa shape index (κ3) is 8.80. The highest BCUT2D eigenvalue weighted by molar-refractivity contribution is 5.79. The van der Waals surface area contributed by atoms with Crippen LogP contribution < -0.4 is 0 Å². The number of aliphatic carboxylic acids is 2. The summed E-state index contributed by atoms with van der Waals surface area (Å²) in [7, 11) is 0. The van der Waals surface area contributed by atoms with Crippen LogP contribution in [-0.4, -0.2) is 80.4 Å². The molecule has 1 amide bonds. The molecular weight excluding hydrogens is 476 g/mol. The van der Waals surface area contributed by atoms with E-state index in [1.54, 1.807) is 0 Å². The van der Waals surface area contributed by atoms with Gasteiger partial charge in [-0.1, -0.05) is 0 Å². The van der Waals surface area contributed by atoms with Crippen molar-refractivity contribution in [3.05, 3.63) is 30.1 Å². The molecule has 2 saturated heterocycles. The Kier molecular flexibility index (Phi) is 10.3. The number of carbonyl (C=O) groups excluding carboxylic acids is 1. The highest BCUT2D eigenvalue weighted by Gasteiger charge is 2.45. The summed E-state index contributed by atoms with van der Waals surface area (Å²) in [5.41, 5.74) is 1.49. The second kappa shape index (κ2) is 12.0. The van der Waals surface area contributed by atoms with Crippen LogP contribution >= 0.6 is 0 Å². The minimum atomic E-state index is -5.08. The predicted octanol–water partition coefficient (Wildman–Crippen LogP) is 3.33. The van der Waals surface area contributed by atoms with Gasteiger partial charge in [0.2, 0.25) is 5.91 Å². The summed E-state index contributed by atoms with van der Waals surface area (Å²) in [6, 6.07) is 4.17. The Morgan fingerprint density at radius 1 is 0.971 bits per heavy atom. The fourth-order valence-corrected chi connectivity index (χ4v) is 3.78. The number of pyridine rings is 1. The molecule has 1 aromatic rings. The summed E-state index contributed by atoms with van der Waals surface area (Å²) in [6.07, 6.45) is -2.40. The van der Waals surface area contributed by atoms with Crippen LogP contribution in [0.5, 0.6) is 0 Å². The number of halogens is 6. The number of hydrogen-bond donors (Lipinski definition) is 2. The van der Waals surface area contributed by atoms with E-state index in [0.29, 0.717) is 5.91 Å². The lowest BCUT2D eigenvalue weighted by atomic mass is 9.85. The highest BCUT2D eigenvalue weighted by atomic mass is 19.4. The minimum absolute atomic E-state index is 0.167. The molecule has 2 fully saturated rings. The van der Waals surface area contributed by atoms with Gasteiger partial charge in [0.05, 0.1) is 0 Å². The molecule has 0 unspecified atom stereocenters. The van der Waals surface area contributed by atoms with Crippen molar-refractivity contribution < 1.29 is 50.9 Å². The summed E-state index contributed by atoms with van der Waals surface area (Å²) < 4.78 is 63.5. The van der Waals surface area contributed by atoms with Crippen molar-refractivity contribution in [3.8, 4) is 0 Å². The molecule has 0 atom stereocenters. The van der Waals surface area contributed by atoms with Gasteiger partial charge in [-0.25, -0.2) is 9.59 Å². The van der Waals surface area contributed by atoms with Crippen LogP contribution in [-0.2, 0) is 20.9 Å². The van der Waals surface area contributed by atoms with E-state index in [2.05, 4.69) is 33.8 Å². The lowest BCUT2D eigenvalue weighted by Gasteiger charge is -2.44. The molecule has 34 heavy (non-hydrogen) atoms. The molecule has 0 radical (unpaired) electrons. The number of nitrogens with zero attached hydrogens (tertiary/aromatic N) is 3. The first-order valence-corrected chi connectivity index (χ1v) is 10.1. The van der Waals surface area contributed by atoms with E-state index in [4.69, 9.17) is 19.8 Å². The molecule has 3 rings (SSSR count).